The van der Waals surface area contributed by atoms with Gasteiger partial charge in [-0.15, -0.1) is 0 Å². The maximum Gasteiger partial charge on any atom is 0.417 e. The Hall–Kier alpha value is -2.59. The molecule has 1 heterocycles. The van der Waals surface area contributed by atoms with Gasteiger partial charge >= 0.3 is 6.18 Å². The molecule has 0 spiro atoms. The van der Waals surface area contributed by atoms with Crippen LogP contribution in [-0.4, -0.2) is 22.5 Å². The highest BCUT2D eigenvalue weighted by Gasteiger charge is 2.54. The van der Waals surface area contributed by atoms with Crippen molar-refractivity contribution < 1.29 is 27.4 Å². The van der Waals surface area contributed by atoms with E-state index < -0.39 is 36.0 Å². The summed E-state index contributed by atoms with van der Waals surface area (Å²) in [5.74, 6) is 0.0303. The van der Waals surface area contributed by atoms with E-state index in [4.69, 9.17) is 10.00 Å². The lowest BCUT2D eigenvalue weighted by atomic mass is 9.83. The Morgan fingerprint density at radius 3 is 2.39 bits per heavy atom. The number of nitriles is 1. The molecule has 2 atom stereocenters. The number of aliphatic hydroxyl groups is 1. The van der Waals surface area contributed by atoms with Crippen molar-refractivity contribution in [1.29, 1.82) is 5.26 Å². The van der Waals surface area contributed by atoms with E-state index in [0.717, 1.165) is 16.7 Å². The summed E-state index contributed by atoms with van der Waals surface area (Å²) in [6.45, 7) is 5.17. The maximum absolute atomic E-state index is 13.9. The van der Waals surface area contributed by atoms with Crippen molar-refractivity contribution in [2.24, 2.45) is 0 Å². The largest absolute Gasteiger partial charge is 0.487 e. The molecule has 7 heteroatoms. The van der Waals surface area contributed by atoms with Gasteiger partial charge in [-0.25, -0.2) is 4.39 Å². The lowest BCUT2D eigenvalue weighted by molar-refractivity contribution is -0.264. The molecule has 0 radical (unpaired) electrons. The first kappa shape index (κ1) is 23.1. The van der Waals surface area contributed by atoms with Crippen LogP contribution in [0.2, 0.25) is 0 Å². The quantitative estimate of drug-likeness (QED) is 0.608. The van der Waals surface area contributed by atoms with Gasteiger partial charge in [-0.05, 0) is 74.1 Å². The number of hydrogen-bond donors (Lipinski definition) is 1. The Morgan fingerprint density at radius 2 is 1.81 bits per heavy atom. The smallest absolute Gasteiger partial charge is 0.417 e. The molecule has 3 rings (SSSR count). The monoisotopic (exact) mass is 435 g/mol. The van der Waals surface area contributed by atoms with Crippen molar-refractivity contribution >= 4 is 0 Å². The van der Waals surface area contributed by atoms with Gasteiger partial charge in [0.15, 0.2) is 5.60 Å². The van der Waals surface area contributed by atoms with Gasteiger partial charge < -0.3 is 9.84 Å². The summed E-state index contributed by atoms with van der Waals surface area (Å²) in [7, 11) is 0. The van der Waals surface area contributed by atoms with Crippen LogP contribution in [-0.2, 0) is 19.3 Å². The normalized spacial score (nSPS) is 20.0. The average Bonchev–Trinajstić information content (AvgIpc) is 2.98. The molecule has 166 valence electrons. The summed E-state index contributed by atoms with van der Waals surface area (Å²) in [5.41, 5.74) is -0.683. The first-order valence-corrected chi connectivity index (χ1v) is 10.1. The van der Waals surface area contributed by atoms with Crippen molar-refractivity contribution in [1.82, 2.24) is 0 Å². The highest BCUT2D eigenvalue weighted by atomic mass is 19.4. The fourth-order valence-corrected chi connectivity index (χ4v) is 4.31. The second-order valence-corrected chi connectivity index (χ2v) is 8.73. The van der Waals surface area contributed by atoms with E-state index in [1.165, 1.54) is 18.2 Å². The molecular weight excluding hydrogens is 410 g/mol. The molecule has 3 nitrogen and oxygen atoms in total. The highest BCUT2D eigenvalue weighted by molar-refractivity contribution is 5.41. The minimum absolute atomic E-state index is 0.0518. The van der Waals surface area contributed by atoms with E-state index in [9.17, 15) is 22.7 Å². The molecule has 0 fully saturated rings. The zero-order valence-corrected chi connectivity index (χ0v) is 17.7. The SMILES string of the molecule is Cc1cc(CC(O)(CCC2(C)Cc3cc(F)ccc3O2)C(F)(F)F)cc(C)c1CC#N. The number of ether oxygens (including phenoxy) is 1. The van der Waals surface area contributed by atoms with Crippen LogP contribution < -0.4 is 4.74 Å². The van der Waals surface area contributed by atoms with Crippen molar-refractivity contribution in [3.63, 3.8) is 0 Å². The molecule has 0 amide bonds. The van der Waals surface area contributed by atoms with Gasteiger partial charge in [0, 0.05) is 18.4 Å². The number of halogens is 4. The second kappa shape index (κ2) is 8.16. The Bertz CT molecular complexity index is 1000. The van der Waals surface area contributed by atoms with Crippen LogP contribution in [0.3, 0.4) is 0 Å². The van der Waals surface area contributed by atoms with E-state index in [1.54, 1.807) is 32.9 Å². The first-order valence-electron chi connectivity index (χ1n) is 10.1. The van der Waals surface area contributed by atoms with Crippen molar-refractivity contribution in [2.45, 2.75) is 70.3 Å². The summed E-state index contributed by atoms with van der Waals surface area (Å²) >= 11 is 0. The van der Waals surface area contributed by atoms with Crippen LogP contribution in [0.25, 0.3) is 0 Å². The predicted octanol–water partition coefficient (Wildman–Crippen LogP) is 5.52. The summed E-state index contributed by atoms with van der Waals surface area (Å²) < 4.78 is 61.0. The predicted molar refractivity (Wildman–Crippen MR) is 108 cm³/mol. The molecular formula is C24H25F4NO2. The number of rotatable bonds is 6. The molecule has 0 aliphatic carbocycles. The molecule has 1 aliphatic rings. The zero-order valence-electron chi connectivity index (χ0n) is 17.7. The Balaban J connectivity index is 1.80. The van der Waals surface area contributed by atoms with Crippen LogP contribution in [0.4, 0.5) is 17.6 Å². The van der Waals surface area contributed by atoms with Gasteiger partial charge in [0.2, 0.25) is 0 Å². The number of alkyl halides is 3. The first-order chi connectivity index (χ1) is 14.4. The number of nitrogens with zero attached hydrogens (tertiary/aromatic N) is 1. The topological polar surface area (TPSA) is 53.2 Å². The van der Waals surface area contributed by atoms with Crippen molar-refractivity contribution in [3.8, 4) is 11.8 Å². The van der Waals surface area contributed by atoms with Gasteiger partial charge in [0.1, 0.15) is 17.2 Å². The average molecular weight is 435 g/mol. The third kappa shape index (κ3) is 4.85. The number of benzene rings is 2. The lowest BCUT2D eigenvalue weighted by Gasteiger charge is -2.34. The summed E-state index contributed by atoms with van der Waals surface area (Å²) in [6, 6.07) is 9.30. The van der Waals surface area contributed by atoms with Crippen LogP contribution in [0.15, 0.2) is 30.3 Å². The molecule has 1 N–H and O–H groups in total. The van der Waals surface area contributed by atoms with E-state index in [-0.39, 0.29) is 19.3 Å². The lowest BCUT2D eigenvalue weighted by Crippen LogP contribution is -2.49. The van der Waals surface area contributed by atoms with Crippen molar-refractivity contribution in [2.75, 3.05) is 0 Å². The summed E-state index contributed by atoms with van der Waals surface area (Å²) in [4.78, 5) is 0. The molecule has 0 bridgehead atoms. The molecule has 2 aromatic rings. The van der Waals surface area contributed by atoms with Gasteiger partial charge in [-0.2, -0.15) is 18.4 Å². The van der Waals surface area contributed by atoms with Gasteiger partial charge in [0.25, 0.3) is 0 Å². The highest BCUT2D eigenvalue weighted by Crippen LogP contribution is 2.43. The van der Waals surface area contributed by atoms with Crippen LogP contribution in [0, 0.1) is 31.0 Å². The van der Waals surface area contributed by atoms with Crippen molar-refractivity contribution in [3.05, 3.63) is 64.0 Å². The summed E-state index contributed by atoms with van der Waals surface area (Å²) in [6.07, 6.45) is -5.59. The molecule has 31 heavy (non-hydrogen) atoms. The van der Waals surface area contributed by atoms with Crippen LogP contribution >= 0.6 is 0 Å². The fraction of sp³-hybridized carbons (Fsp3) is 0.458. The van der Waals surface area contributed by atoms with Gasteiger partial charge in [0.05, 0.1) is 12.5 Å². The number of aryl methyl sites for hydroxylation is 2. The minimum atomic E-state index is -4.84. The Labute approximate surface area is 179 Å². The van der Waals surface area contributed by atoms with Crippen LogP contribution in [0.1, 0.15) is 47.6 Å². The minimum Gasteiger partial charge on any atom is -0.487 e. The van der Waals surface area contributed by atoms with Gasteiger partial charge in [-0.1, -0.05) is 12.1 Å². The zero-order chi connectivity index (χ0) is 23.0. The summed E-state index contributed by atoms with van der Waals surface area (Å²) in [5, 5.41) is 19.6. The third-order valence-electron chi connectivity index (χ3n) is 6.05. The third-order valence-corrected chi connectivity index (χ3v) is 6.05. The number of hydrogen-bond acceptors (Lipinski definition) is 3. The molecule has 0 saturated carbocycles. The van der Waals surface area contributed by atoms with E-state index >= 15 is 0 Å². The molecule has 2 aromatic carbocycles. The number of fused-ring (bicyclic) bond motifs is 1. The fourth-order valence-electron chi connectivity index (χ4n) is 4.31. The van der Waals surface area contributed by atoms with E-state index in [1.807, 2.05) is 0 Å². The maximum atomic E-state index is 13.9. The molecule has 0 saturated heterocycles. The Morgan fingerprint density at radius 1 is 1.16 bits per heavy atom. The molecule has 1 aliphatic heterocycles. The van der Waals surface area contributed by atoms with E-state index in [2.05, 4.69) is 6.07 Å². The van der Waals surface area contributed by atoms with E-state index in [0.29, 0.717) is 16.9 Å². The standard InChI is InChI=1S/C24H25F4NO2/c1-15-10-17(11-16(2)20(15)6-9-29)13-23(30,24(26,27)28)8-7-22(3)14-18-12-19(25)4-5-21(18)31-22/h4-5,10-12,30H,6-8,13-14H2,1-3H3. The second-order valence-electron chi connectivity index (χ2n) is 8.73. The Kier molecular flexibility index (Phi) is 6.07. The van der Waals surface area contributed by atoms with Gasteiger partial charge in [-0.3, -0.25) is 0 Å². The molecule has 0 aromatic heterocycles. The van der Waals surface area contributed by atoms with Crippen LogP contribution in [0.5, 0.6) is 5.75 Å². The molecule has 2 unspecified atom stereocenters.